The van der Waals surface area contributed by atoms with Crippen LogP contribution in [0.15, 0.2) is 18.0 Å². The summed E-state index contributed by atoms with van der Waals surface area (Å²) in [5.74, 6) is 1.03. The Bertz CT molecular complexity index is 477. The van der Waals surface area contributed by atoms with Gasteiger partial charge in [-0.15, -0.1) is 11.3 Å². The van der Waals surface area contributed by atoms with Crippen LogP contribution in [0.25, 0.3) is 0 Å². The minimum atomic E-state index is 0.272. The van der Waals surface area contributed by atoms with Crippen LogP contribution in [0.2, 0.25) is 0 Å². The van der Waals surface area contributed by atoms with E-state index < -0.39 is 0 Å². The van der Waals surface area contributed by atoms with E-state index in [1.54, 1.807) is 17.7 Å². The van der Waals surface area contributed by atoms with Crippen molar-refractivity contribution in [3.63, 3.8) is 0 Å². The van der Waals surface area contributed by atoms with Crippen LogP contribution >= 0.6 is 11.3 Å². The van der Waals surface area contributed by atoms with E-state index in [1.165, 1.54) is 4.88 Å². The molecule has 0 aliphatic carbocycles. The van der Waals surface area contributed by atoms with Crippen LogP contribution in [0.3, 0.4) is 0 Å². The molecule has 19 heavy (non-hydrogen) atoms. The van der Waals surface area contributed by atoms with Crippen LogP contribution in [-0.2, 0) is 6.42 Å². The summed E-state index contributed by atoms with van der Waals surface area (Å²) >= 11 is 1.69. The molecule has 104 valence electrons. The van der Waals surface area contributed by atoms with E-state index in [0.717, 1.165) is 25.2 Å². The summed E-state index contributed by atoms with van der Waals surface area (Å²) in [5, 5.41) is 7.86. The van der Waals surface area contributed by atoms with Gasteiger partial charge in [0.25, 0.3) is 0 Å². The minimum absolute atomic E-state index is 0.272. The SMILES string of the molecule is CCCNC(Cc1ncnn1C(C)C)c1cncs1. The van der Waals surface area contributed by atoms with Gasteiger partial charge in [-0.1, -0.05) is 6.92 Å². The molecule has 0 radical (unpaired) electrons. The molecule has 0 aromatic carbocycles. The van der Waals surface area contributed by atoms with E-state index in [-0.39, 0.29) is 6.04 Å². The first-order valence-corrected chi connectivity index (χ1v) is 7.60. The van der Waals surface area contributed by atoms with Crippen LogP contribution < -0.4 is 5.32 Å². The van der Waals surface area contributed by atoms with E-state index in [9.17, 15) is 0 Å². The number of nitrogens with zero attached hydrogens (tertiary/aromatic N) is 4. The van der Waals surface area contributed by atoms with Crippen molar-refractivity contribution < 1.29 is 0 Å². The monoisotopic (exact) mass is 279 g/mol. The molecule has 5 nitrogen and oxygen atoms in total. The van der Waals surface area contributed by atoms with Crippen LogP contribution in [0.5, 0.6) is 0 Å². The summed E-state index contributed by atoms with van der Waals surface area (Å²) in [5.41, 5.74) is 1.88. The highest BCUT2D eigenvalue weighted by molar-refractivity contribution is 7.09. The van der Waals surface area contributed by atoms with Crippen molar-refractivity contribution in [2.75, 3.05) is 6.54 Å². The van der Waals surface area contributed by atoms with Gasteiger partial charge < -0.3 is 5.32 Å². The Hall–Kier alpha value is -1.27. The van der Waals surface area contributed by atoms with Gasteiger partial charge in [-0.05, 0) is 26.8 Å². The maximum Gasteiger partial charge on any atom is 0.138 e. The molecule has 0 amide bonds. The molecule has 0 bridgehead atoms. The smallest absolute Gasteiger partial charge is 0.138 e. The molecule has 0 fully saturated rings. The largest absolute Gasteiger partial charge is 0.309 e. The Morgan fingerprint density at radius 2 is 2.26 bits per heavy atom. The zero-order chi connectivity index (χ0) is 13.7. The van der Waals surface area contributed by atoms with Crippen molar-refractivity contribution in [2.45, 2.75) is 45.7 Å². The fraction of sp³-hybridized carbons (Fsp3) is 0.615. The van der Waals surface area contributed by atoms with Gasteiger partial charge in [0.2, 0.25) is 0 Å². The summed E-state index contributed by atoms with van der Waals surface area (Å²) in [6.45, 7) is 7.42. The standard InChI is InChI=1S/C13H21N5S/c1-4-5-15-11(12-7-14-9-19-12)6-13-16-8-17-18(13)10(2)3/h7-11,15H,4-6H2,1-3H3. The Morgan fingerprint density at radius 3 is 2.89 bits per heavy atom. The Labute approximate surface area is 118 Å². The third-order valence-corrected chi connectivity index (χ3v) is 3.85. The first kappa shape index (κ1) is 14.1. The molecule has 2 aromatic rings. The first-order valence-electron chi connectivity index (χ1n) is 6.72. The summed E-state index contributed by atoms with van der Waals surface area (Å²) in [4.78, 5) is 9.82. The molecular weight excluding hydrogens is 258 g/mol. The molecule has 2 heterocycles. The quantitative estimate of drug-likeness (QED) is 0.846. The van der Waals surface area contributed by atoms with E-state index in [0.29, 0.717) is 6.04 Å². The van der Waals surface area contributed by atoms with Crippen molar-refractivity contribution in [3.8, 4) is 0 Å². The highest BCUT2D eigenvalue weighted by atomic mass is 32.1. The summed E-state index contributed by atoms with van der Waals surface area (Å²) in [6.07, 6.45) is 5.54. The van der Waals surface area contributed by atoms with Gasteiger partial charge >= 0.3 is 0 Å². The van der Waals surface area contributed by atoms with Gasteiger partial charge in [0.15, 0.2) is 0 Å². The predicted molar refractivity (Wildman–Crippen MR) is 77.3 cm³/mol. The van der Waals surface area contributed by atoms with Gasteiger partial charge in [0.1, 0.15) is 12.2 Å². The van der Waals surface area contributed by atoms with Crippen molar-refractivity contribution in [3.05, 3.63) is 28.7 Å². The third kappa shape index (κ3) is 3.61. The van der Waals surface area contributed by atoms with Gasteiger partial charge in [0.05, 0.1) is 11.6 Å². The maximum atomic E-state index is 4.39. The molecule has 1 atom stereocenters. The van der Waals surface area contributed by atoms with E-state index >= 15 is 0 Å². The molecule has 0 spiro atoms. The molecule has 0 saturated heterocycles. The van der Waals surface area contributed by atoms with Crippen LogP contribution in [0.4, 0.5) is 0 Å². The van der Waals surface area contributed by atoms with Crippen molar-refractivity contribution in [1.29, 1.82) is 0 Å². The van der Waals surface area contributed by atoms with Crippen LogP contribution in [0, 0.1) is 0 Å². The number of aromatic nitrogens is 4. The lowest BCUT2D eigenvalue weighted by atomic mass is 10.1. The Balaban J connectivity index is 2.13. The second-order valence-corrected chi connectivity index (χ2v) is 5.75. The van der Waals surface area contributed by atoms with Gasteiger partial charge in [-0.2, -0.15) is 5.10 Å². The normalized spacial score (nSPS) is 13.1. The highest BCUT2D eigenvalue weighted by Gasteiger charge is 2.17. The molecule has 6 heteroatoms. The lowest BCUT2D eigenvalue weighted by molar-refractivity contribution is 0.466. The molecule has 2 rings (SSSR count). The summed E-state index contributed by atoms with van der Waals surface area (Å²) in [7, 11) is 0. The fourth-order valence-corrected chi connectivity index (χ4v) is 2.72. The topological polar surface area (TPSA) is 55.6 Å². The highest BCUT2D eigenvalue weighted by Crippen LogP contribution is 2.21. The average Bonchev–Trinajstić information content (AvgIpc) is 3.04. The number of nitrogens with one attached hydrogen (secondary N) is 1. The Kier molecular flexibility index (Phi) is 5.04. The third-order valence-electron chi connectivity index (χ3n) is 2.96. The maximum absolute atomic E-state index is 4.39. The molecular formula is C13H21N5S. The molecule has 0 saturated carbocycles. The Morgan fingerprint density at radius 1 is 1.42 bits per heavy atom. The average molecular weight is 279 g/mol. The van der Waals surface area contributed by atoms with Crippen LogP contribution in [0.1, 0.15) is 50.0 Å². The van der Waals surface area contributed by atoms with Crippen molar-refractivity contribution >= 4 is 11.3 Å². The van der Waals surface area contributed by atoms with E-state index in [1.807, 2.05) is 16.4 Å². The minimum Gasteiger partial charge on any atom is -0.309 e. The fourth-order valence-electron chi connectivity index (χ4n) is 2.02. The predicted octanol–water partition coefficient (Wildman–Crippen LogP) is 2.60. The molecule has 0 aliphatic heterocycles. The molecule has 1 N–H and O–H groups in total. The number of hydrogen-bond donors (Lipinski definition) is 1. The second kappa shape index (κ2) is 6.77. The number of hydrogen-bond acceptors (Lipinski definition) is 5. The molecule has 0 aliphatic rings. The lowest BCUT2D eigenvalue weighted by Crippen LogP contribution is -2.25. The van der Waals surface area contributed by atoms with Crippen molar-refractivity contribution in [1.82, 2.24) is 25.1 Å². The zero-order valence-corrected chi connectivity index (χ0v) is 12.5. The van der Waals surface area contributed by atoms with Gasteiger partial charge in [0, 0.05) is 23.5 Å². The molecule has 2 aromatic heterocycles. The van der Waals surface area contributed by atoms with E-state index in [4.69, 9.17) is 0 Å². The zero-order valence-electron chi connectivity index (χ0n) is 11.7. The van der Waals surface area contributed by atoms with Gasteiger partial charge in [-0.3, -0.25) is 4.98 Å². The molecule has 1 unspecified atom stereocenters. The number of thiazole rings is 1. The lowest BCUT2D eigenvalue weighted by Gasteiger charge is -2.17. The summed E-state index contributed by atoms with van der Waals surface area (Å²) in [6, 6.07) is 0.611. The van der Waals surface area contributed by atoms with Gasteiger partial charge in [-0.25, -0.2) is 9.67 Å². The van der Waals surface area contributed by atoms with Crippen molar-refractivity contribution in [2.24, 2.45) is 0 Å². The second-order valence-electron chi connectivity index (χ2n) is 4.83. The van der Waals surface area contributed by atoms with E-state index in [2.05, 4.69) is 41.2 Å². The summed E-state index contributed by atoms with van der Waals surface area (Å²) < 4.78 is 1.99. The first-order chi connectivity index (χ1) is 9.22. The number of rotatable bonds is 7. The van der Waals surface area contributed by atoms with Crippen LogP contribution in [-0.4, -0.2) is 26.3 Å².